The number of hydrogen-bond donors (Lipinski definition) is 3. The second kappa shape index (κ2) is 4.30. The number of aliphatic hydroxyl groups excluding tert-OH is 1. The second-order valence-electron chi connectivity index (χ2n) is 4.46. The Labute approximate surface area is 104 Å². The van der Waals surface area contributed by atoms with Crippen LogP contribution in [0.4, 0.5) is 0 Å². The monoisotopic (exact) mass is 249 g/mol. The van der Waals surface area contributed by atoms with Crippen molar-refractivity contribution < 1.29 is 15.0 Å². The lowest BCUT2D eigenvalue weighted by Gasteiger charge is -2.20. The quantitative estimate of drug-likeness (QED) is 0.690. The molecule has 18 heavy (non-hydrogen) atoms. The molecule has 6 heteroatoms. The van der Waals surface area contributed by atoms with Crippen LogP contribution in [0.3, 0.4) is 0 Å². The number of aliphatic imine (C=N–C) groups is 1. The minimum atomic E-state index is -1.19. The number of rotatable bonds is 3. The van der Waals surface area contributed by atoms with Crippen molar-refractivity contribution in [3.8, 4) is 5.75 Å². The summed E-state index contributed by atoms with van der Waals surface area (Å²) in [6.45, 7) is 1.37. The zero-order chi connectivity index (χ0) is 13.3. The van der Waals surface area contributed by atoms with Crippen LogP contribution in [-0.2, 0) is 11.3 Å². The van der Waals surface area contributed by atoms with Gasteiger partial charge in [0.15, 0.2) is 11.5 Å². The van der Waals surface area contributed by atoms with E-state index in [4.69, 9.17) is 5.73 Å². The molecule has 0 aromatic heterocycles. The molecule has 0 bridgehead atoms. The lowest BCUT2D eigenvalue weighted by atomic mass is 10.0. The number of carbonyl (C=O) groups excluding carboxylic acids is 1. The number of guanidine groups is 1. The van der Waals surface area contributed by atoms with E-state index in [-0.39, 0.29) is 30.8 Å². The molecule has 1 aromatic rings. The van der Waals surface area contributed by atoms with Crippen LogP contribution >= 0.6 is 0 Å². The molecule has 2 rings (SSSR count). The molecule has 0 saturated heterocycles. The Morgan fingerprint density at radius 2 is 2.22 bits per heavy atom. The topological polar surface area (TPSA) is 99.2 Å². The van der Waals surface area contributed by atoms with Gasteiger partial charge in [-0.1, -0.05) is 12.1 Å². The van der Waals surface area contributed by atoms with E-state index in [9.17, 15) is 15.0 Å². The molecule has 0 spiro atoms. The molecular formula is C12H15N3O3. The summed E-state index contributed by atoms with van der Waals surface area (Å²) in [7, 11) is 0. The molecule has 6 nitrogen and oxygen atoms in total. The van der Waals surface area contributed by atoms with Gasteiger partial charge >= 0.3 is 0 Å². The lowest BCUT2D eigenvalue weighted by Crippen LogP contribution is -2.44. The first-order valence-electron chi connectivity index (χ1n) is 5.52. The number of phenols is 1. The zero-order valence-electron chi connectivity index (χ0n) is 10.00. The molecule has 1 atom stereocenters. The first-order chi connectivity index (χ1) is 8.46. The molecule has 1 aliphatic rings. The highest BCUT2D eigenvalue weighted by Crippen LogP contribution is 2.23. The molecule has 1 unspecified atom stereocenters. The second-order valence-corrected chi connectivity index (χ2v) is 4.46. The number of nitrogens with two attached hydrogens (primary N) is 1. The number of phenolic OH excluding ortho intramolecular Hbond substituents is 1. The normalized spacial score (nSPS) is 23.3. The predicted octanol–water partition coefficient (Wildman–Crippen LogP) is -0.200. The molecular weight excluding hydrogens is 234 g/mol. The van der Waals surface area contributed by atoms with E-state index in [0.717, 1.165) is 5.56 Å². The zero-order valence-corrected chi connectivity index (χ0v) is 10.00. The third-order valence-corrected chi connectivity index (χ3v) is 2.90. The Hall–Kier alpha value is -2.08. The molecule has 0 aliphatic carbocycles. The Balaban J connectivity index is 2.21. The average Bonchev–Trinajstić information content (AvgIpc) is 2.54. The third kappa shape index (κ3) is 2.02. The van der Waals surface area contributed by atoms with Crippen LogP contribution in [0.5, 0.6) is 5.75 Å². The van der Waals surface area contributed by atoms with Crippen molar-refractivity contribution in [2.75, 3.05) is 6.61 Å². The maximum atomic E-state index is 12.1. The minimum Gasteiger partial charge on any atom is -0.508 e. The van der Waals surface area contributed by atoms with Crippen LogP contribution in [0, 0.1) is 0 Å². The van der Waals surface area contributed by atoms with Crippen LogP contribution in [0.15, 0.2) is 29.3 Å². The van der Waals surface area contributed by atoms with E-state index in [1.807, 2.05) is 0 Å². The van der Waals surface area contributed by atoms with Crippen LogP contribution in [0.2, 0.25) is 0 Å². The summed E-state index contributed by atoms with van der Waals surface area (Å²) < 4.78 is 0. The number of aromatic hydroxyl groups is 1. The number of amides is 1. The summed E-state index contributed by atoms with van der Waals surface area (Å²) in [5.41, 5.74) is 5.23. The van der Waals surface area contributed by atoms with E-state index >= 15 is 0 Å². The Kier molecular flexibility index (Phi) is 2.96. The van der Waals surface area contributed by atoms with Crippen molar-refractivity contribution in [1.82, 2.24) is 4.90 Å². The van der Waals surface area contributed by atoms with Gasteiger partial charge in [0.25, 0.3) is 5.91 Å². The molecule has 0 saturated carbocycles. The van der Waals surface area contributed by atoms with Gasteiger partial charge < -0.3 is 15.9 Å². The maximum Gasteiger partial charge on any atom is 0.259 e. The van der Waals surface area contributed by atoms with Crippen LogP contribution in [0.1, 0.15) is 12.5 Å². The smallest absolute Gasteiger partial charge is 0.259 e. The van der Waals surface area contributed by atoms with Gasteiger partial charge in [0.1, 0.15) is 5.75 Å². The van der Waals surface area contributed by atoms with Gasteiger partial charge in [-0.05, 0) is 24.6 Å². The van der Waals surface area contributed by atoms with Crippen LogP contribution in [0.25, 0.3) is 0 Å². The minimum absolute atomic E-state index is 0.0832. The van der Waals surface area contributed by atoms with E-state index in [1.165, 1.54) is 11.8 Å². The lowest BCUT2D eigenvalue weighted by molar-refractivity contribution is -0.132. The van der Waals surface area contributed by atoms with Gasteiger partial charge in [0.2, 0.25) is 0 Å². The molecule has 0 radical (unpaired) electrons. The van der Waals surface area contributed by atoms with Gasteiger partial charge in [-0.15, -0.1) is 0 Å². The van der Waals surface area contributed by atoms with Gasteiger partial charge in [0, 0.05) is 0 Å². The van der Waals surface area contributed by atoms with Crippen molar-refractivity contribution in [1.29, 1.82) is 0 Å². The van der Waals surface area contributed by atoms with Crippen molar-refractivity contribution in [3.05, 3.63) is 29.8 Å². The Morgan fingerprint density at radius 3 is 2.78 bits per heavy atom. The number of nitrogens with zero attached hydrogens (tertiary/aromatic N) is 2. The first kappa shape index (κ1) is 12.4. The molecule has 1 aromatic carbocycles. The number of aliphatic hydroxyl groups is 1. The standard InChI is InChI=1S/C12H15N3O3/c1-12(7-16)10(18)15(11(13)14-12)6-8-3-2-4-9(17)5-8/h2-5,16-17H,6-7H2,1H3,(H2,13,14). The summed E-state index contributed by atoms with van der Waals surface area (Å²) in [5.74, 6) is -0.134. The molecule has 1 aliphatic heterocycles. The van der Waals surface area contributed by atoms with E-state index in [2.05, 4.69) is 4.99 Å². The van der Waals surface area contributed by atoms with Crippen LogP contribution in [-0.4, -0.2) is 39.1 Å². The summed E-state index contributed by atoms with van der Waals surface area (Å²) in [6, 6.07) is 6.55. The fraction of sp³-hybridized carbons (Fsp3) is 0.333. The van der Waals surface area contributed by atoms with Gasteiger partial charge in [-0.25, -0.2) is 4.99 Å². The van der Waals surface area contributed by atoms with E-state index in [0.29, 0.717) is 0 Å². The molecule has 0 fully saturated rings. The molecule has 4 N–H and O–H groups in total. The highest BCUT2D eigenvalue weighted by atomic mass is 16.3. The van der Waals surface area contributed by atoms with Crippen molar-refractivity contribution in [2.45, 2.75) is 19.0 Å². The van der Waals surface area contributed by atoms with Crippen molar-refractivity contribution in [2.24, 2.45) is 10.7 Å². The SMILES string of the molecule is CC1(CO)N=C(N)N(Cc2cccc(O)c2)C1=O. The maximum absolute atomic E-state index is 12.1. The Morgan fingerprint density at radius 1 is 1.50 bits per heavy atom. The fourth-order valence-electron chi connectivity index (χ4n) is 1.85. The summed E-state index contributed by atoms with van der Waals surface area (Å²) >= 11 is 0. The van der Waals surface area contributed by atoms with Gasteiger partial charge in [-0.2, -0.15) is 0 Å². The third-order valence-electron chi connectivity index (χ3n) is 2.90. The van der Waals surface area contributed by atoms with Crippen LogP contribution < -0.4 is 5.73 Å². The highest BCUT2D eigenvalue weighted by Gasteiger charge is 2.43. The summed E-state index contributed by atoms with van der Waals surface area (Å²) in [4.78, 5) is 17.3. The Bertz CT molecular complexity index is 515. The highest BCUT2D eigenvalue weighted by molar-refractivity contribution is 6.06. The predicted molar refractivity (Wildman–Crippen MR) is 65.8 cm³/mol. The first-order valence-corrected chi connectivity index (χ1v) is 5.52. The number of hydrogen-bond acceptors (Lipinski definition) is 5. The number of benzene rings is 1. The number of carbonyl (C=O) groups is 1. The van der Waals surface area contributed by atoms with E-state index < -0.39 is 5.54 Å². The van der Waals surface area contributed by atoms with Gasteiger partial charge in [0.05, 0.1) is 13.2 Å². The molecule has 1 heterocycles. The van der Waals surface area contributed by atoms with Gasteiger partial charge in [-0.3, -0.25) is 9.69 Å². The van der Waals surface area contributed by atoms with E-state index in [1.54, 1.807) is 24.3 Å². The fourth-order valence-corrected chi connectivity index (χ4v) is 1.85. The molecule has 96 valence electrons. The molecule has 1 amide bonds. The summed E-state index contributed by atoms with van der Waals surface area (Å²) in [5, 5.41) is 18.6. The average molecular weight is 249 g/mol. The van der Waals surface area contributed by atoms with Crippen molar-refractivity contribution in [3.63, 3.8) is 0 Å². The largest absolute Gasteiger partial charge is 0.508 e. The summed E-state index contributed by atoms with van der Waals surface area (Å²) in [6.07, 6.45) is 0. The van der Waals surface area contributed by atoms with Crippen molar-refractivity contribution >= 4 is 11.9 Å².